The molecule has 0 aliphatic carbocycles. The largest absolute Gasteiger partial charge is 0.441 e. The van der Waals surface area contributed by atoms with E-state index < -0.39 is 0 Å². The quantitative estimate of drug-likeness (QED) is 0.713. The lowest BCUT2D eigenvalue weighted by Gasteiger charge is -1.91. The Morgan fingerprint density at radius 2 is 2.00 bits per heavy atom. The first-order valence-corrected chi connectivity index (χ1v) is 5.22. The highest BCUT2D eigenvalue weighted by molar-refractivity contribution is 5.53. The third-order valence-corrected chi connectivity index (χ3v) is 2.35. The van der Waals surface area contributed by atoms with Crippen molar-refractivity contribution >= 4 is 0 Å². The van der Waals surface area contributed by atoms with Gasteiger partial charge in [0.15, 0.2) is 0 Å². The van der Waals surface area contributed by atoms with Gasteiger partial charge in [0.2, 0.25) is 5.89 Å². The summed E-state index contributed by atoms with van der Waals surface area (Å²) in [5.74, 6) is 7.38. The van der Waals surface area contributed by atoms with E-state index in [9.17, 15) is 0 Å². The van der Waals surface area contributed by atoms with Gasteiger partial charge in [-0.1, -0.05) is 24.1 Å². The van der Waals surface area contributed by atoms with Crippen molar-refractivity contribution in [3.8, 4) is 23.3 Å². The first kappa shape index (κ1) is 10.5. The number of aromatic nitrogens is 1. The van der Waals surface area contributed by atoms with Gasteiger partial charge in [0, 0.05) is 5.56 Å². The van der Waals surface area contributed by atoms with Gasteiger partial charge < -0.3 is 4.42 Å². The van der Waals surface area contributed by atoms with Crippen molar-refractivity contribution in [1.82, 2.24) is 4.98 Å². The number of aryl methyl sites for hydroxylation is 1. The van der Waals surface area contributed by atoms with Crippen LogP contribution in [0.15, 0.2) is 34.7 Å². The van der Waals surface area contributed by atoms with Gasteiger partial charge in [-0.3, -0.25) is 0 Å². The number of oxazole rings is 1. The van der Waals surface area contributed by atoms with Crippen molar-refractivity contribution in [1.29, 1.82) is 0 Å². The summed E-state index contributed by atoms with van der Waals surface area (Å²) in [6.45, 7) is 3.75. The minimum atomic E-state index is 0.651. The van der Waals surface area contributed by atoms with Crippen LogP contribution >= 0.6 is 0 Å². The second-order valence-electron chi connectivity index (χ2n) is 3.49. The van der Waals surface area contributed by atoms with Crippen LogP contribution in [-0.4, -0.2) is 4.98 Å². The van der Waals surface area contributed by atoms with Crippen molar-refractivity contribution in [2.45, 2.75) is 20.3 Å². The third kappa shape index (κ3) is 2.14. The van der Waals surface area contributed by atoms with Crippen molar-refractivity contribution in [2.24, 2.45) is 0 Å². The molecule has 2 nitrogen and oxygen atoms in total. The fourth-order valence-corrected chi connectivity index (χ4v) is 1.47. The van der Waals surface area contributed by atoms with Gasteiger partial charge >= 0.3 is 0 Å². The van der Waals surface area contributed by atoms with E-state index in [-0.39, 0.29) is 0 Å². The molecule has 0 amide bonds. The lowest BCUT2D eigenvalue weighted by Crippen LogP contribution is -1.84. The summed E-state index contributed by atoms with van der Waals surface area (Å²) in [6.07, 6.45) is 0.651. The van der Waals surface area contributed by atoms with Crippen LogP contribution in [-0.2, 0) is 6.42 Å². The van der Waals surface area contributed by atoms with E-state index in [2.05, 4.69) is 16.8 Å². The monoisotopic (exact) mass is 211 g/mol. The standard InChI is InChI=1S/C14H13NO/c1-3-4-10-13-11(2)16-14(15-13)12-8-6-5-7-9-12/h5-9H,10H2,1-2H3. The molecular formula is C14H13NO. The molecule has 16 heavy (non-hydrogen) atoms. The molecule has 0 fully saturated rings. The highest BCUT2D eigenvalue weighted by Gasteiger charge is 2.09. The Hall–Kier alpha value is -2.01. The Bertz CT molecular complexity index is 529. The van der Waals surface area contributed by atoms with Crippen LogP contribution in [0, 0.1) is 18.8 Å². The average Bonchev–Trinajstić information content (AvgIpc) is 2.69. The summed E-state index contributed by atoms with van der Waals surface area (Å²) in [5, 5.41) is 0. The van der Waals surface area contributed by atoms with Gasteiger partial charge in [-0.05, 0) is 26.0 Å². The van der Waals surface area contributed by atoms with E-state index in [1.54, 1.807) is 0 Å². The van der Waals surface area contributed by atoms with Crippen LogP contribution < -0.4 is 0 Å². The molecule has 0 aliphatic rings. The van der Waals surface area contributed by atoms with Crippen molar-refractivity contribution in [3.05, 3.63) is 41.8 Å². The van der Waals surface area contributed by atoms with Gasteiger partial charge in [-0.15, -0.1) is 5.92 Å². The zero-order valence-electron chi connectivity index (χ0n) is 9.45. The summed E-state index contributed by atoms with van der Waals surface area (Å²) < 4.78 is 5.62. The number of nitrogens with zero attached hydrogens (tertiary/aromatic N) is 1. The lowest BCUT2D eigenvalue weighted by atomic mass is 10.2. The fraction of sp³-hybridized carbons (Fsp3) is 0.214. The van der Waals surface area contributed by atoms with E-state index in [4.69, 9.17) is 4.42 Å². The van der Waals surface area contributed by atoms with Crippen LogP contribution in [0.2, 0.25) is 0 Å². The Morgan fingerprint density at radius 3 is 2.69 bits per heavy atom. The molecule has 0 spiro atoms. The zero-order valence-corrected chi connectivity index (χ0v) is 9.45. The van der Waals surface area contributed by atoms with E-state index >= 15 is 0 Å². The first-order valence-electron chi connectivity index (χ1n) is 5.22. The summed E-state index contributed by atoms with van der Waals surface area (Å²) in [6, 6.07) is 9.89. The molecule has 0 atom stereocenters. The molecule has 0 bridgehead atoms. The van der Waals surface area contributed by atoms with Crippen LogP contribution in [0.5, 0.6) is 0 Å². The van der Waals surface area contributed by atoms with Crippen molar-refractivity contribution < 1.29 is 4.42 Å². The van der Waals surface area contributed by atoms with Crippen LogP contribution in [0.25, 0.3) is 11.5 Å². The normalized spacial score (nSPS) is 9.62. The predicted octanol–water partition coefficient (Wildman–Crippen LogP) is 3.22. The number of rotatable bonds is 2. The van der Waals surface area contributed by atoms with Gasteiger partial charge in [0.1, 0.15) is 5.76 Å². The summed E-state index contributed by atoms with van der Waals surface area (Å²) >= 11 is 0. The minimum absolute atomic E-state index is 0.651. The molecule has 2 rings (SSSR count). The van der Waals surface area contributed by atoms with Crippen LogP contribution in [0.4, 0.5) is 0 Å². The Balaban J connectivity index is 2.33. The lowest BCUT2D eigenvalue weighted by molar-refractivity contribution is 0.540. The number of benzene rings is 1. The number of hydrogen-bond donors (Lipinski definition) is 0. The molecule has 0 saturated carbocycles. The van der Waals surface area contributed by atoms with Crippen molar-refractivity contribution in [2.75, 3.05) is 0 Å². The number of hydrogen-bond acceptors (Lipinski definition) is 2. The topological polar surface area (TPSA) is 26.0 Å². The Morgan fingerprint density at radius 1 is 1.25 bits per heavy atom. The molecule has 1 aromatic carbocycles. The molecule has 0 radical (unpaired) electrons. The maximum Gasteiger partial charge on any atom is 0.226 e. The first-order chi connectivity index (χ1) is 7.81. The smallest absolute Gasteiger partial charge is 0.226 e. The van der Waals surface area contributed by atoms with Crippen LogP contribution in [0.3, 0.4) is 0 Å². The van der Waals surface area contributed by atoms with E-state index in [0.717, 1.165) is 17.0 Å². The summed E-state index contributed by atoms with van der Waals surface area (Å²) in [7, 11) is 0. The van der Waals surface area contributed by atoms with Gasteiger partial charge in [0.05, 0.1) is 12.1 Å². The molecule has 2 aromatic rings. The molecule has 80 valence electrons. The maximum atomic E-state index is 5.62. The highest BCUT2D eigenvalue weighted by Crippen LogP contribution is 2.21. The van der Waals surface area contributed by atoms with Crippen molar-refractivity contribution in [3.63, 3.8) is 0 Å². The maximum absolute atomic E-state index is 5.62. The zero-order chi connectivity index (χ0) is 11.4. The highest BCUT2D eigenvalue weighted by atomic mass is 16.4. The third-order valence-electron chi connectivity index (χ3n) is 2.35. The molecule has 0 N–H and O–H groups in total. The van der Waals surface area contributed by atoms with Gasteiger partial charge in [-0.25, -0.2) is 4.98 Å². The molecule has 0 saturated heterocycles. The second kappa shape index (κ2) is 4.67. The molecular weight excluding hydrogens is 198 g/mol. The van der Waals surface area contributed by atoms with E-state index in [0.29, 0.717) is 12.3 Å². The molecule has 0 aliphatic heterocycles. The Kier molecular flexibility index (Phi) is 3.07. The average molecular weight is 211 g/mol. The van der Waals surface area contributed by atoms with Gasteiger partial charge in [0.25, 0.3) is 0 Å². The molecule has 0 unspecified atom stereocenters. The van der Waals surface area contributed by atoms with Gasteiger partial charge in [-0.2, -0.15) is 0 Å². The van der Waals surface area contributed by atoms with E-state index in [1.807, 2.05) is 44.2 Å². The predicted molar refractivity (Wildman–Crippen MR) is 63.8 cm³/mol. The fourth-order valence-electron chi connectivity index (χ4n) is 1.47. The second-order valence-corrected chi connectivity index (χ2v) is 3.49. The summed E-state index contributed by atoms with van der Waals surface area (Å²) in [4.78, 5) is 4.45. The molecule has 2 heteroatoms. The van der Waals surface area contributed by atoms with E-state index in [1.165, 1.54) is 0 Å². The SMILES string of the molecule is CC#CCc1nc(-c2ccccc2)oc1C. The minimum Gasteiger partial charge on any atom is -0.441 e. The molecule has 1 heterocycles. The Labute approximate surface area is 95.3 Å². The summed E-state index contributed by atoms with van der Waals surface area (Å²) in [5.41, 5.74) is 1.93. The molecule has 1 aromatic heterocycles. The van der Waals surface area contributed by atoms with Crippen LogP contribution in [0.1, 0.15) is 18.4 Å².